The zero-order valence-electron chi connectivity index (χ0n) is 11.0. The summed E-state index contributed by atoms with van der Waals surface area (Å²) in [5, 5.41) is 11.4. The van der Waals surface area contributed by atoms with Crippen molar-refractivity contribution in [1.82, 2.24) is 0 Å². The highest BCUT2D eigenvalue weighted by molar-refractivity contribution is 8.07. The van der Waals surface area contributed by atoms with Crippen molar-refractivity contribution in [3.63, 3.8) is 0 Å². The Morgan fingerprint density at radius 1 is 1.25 bits per heavy atom. The molecule has 1 fully saturated rings. The fourth-order valence-corrected chi connectivity index (χ4v) is 5.23. The van der Waals surface area contributed by atoms with E-state index in [4.69, 9.17) is 0 Å². The van der Waals surface area contributed by atoms with Gasteiger partial charge in [-0.05, 0) is 24.7 Å². The van der Waals surface area contributed by atoms with Crippen LogP contribution in [-0.4, -0.2) is 33.2 Å². The van der Waals surface area contributed by atoms with Gasteiger partial charge in [-0.15, -0.1) is 0 Å². The van der Waals surface area contributed by atoms with Crippen LogP contribution in [0.3, 0.4) is 0 Å². The van der Waals surface area contributed by atoms with Crippen LogP contribution in [0.2, 0.25) is 0 Å². The number of aliphatic hydroxyl groups excluding tert-OH is 1. The van der Waals surface area contributed by atoms with E-state index < -0.39 is 0 Å². The largest absolute Gasteiger partial charge is 0.392 e. The van der Waals surface area contributed by atoms with Gasteiger partial charge in [0.1, 0.15) is 0 Å². The highest BCUT2D eigenvalue weighted by Gasteiger charge is 2.31. The minimum absolute atomic E-state index is 0.109. The van der Waals surface area contributed by atoms with Gasteiger partial charge in [-0.1, -0.05) is 27.7 Å². The lowest BCUT2D eigenvalue weighted by Crippen LogP contribution is -2.36. The summed E-state index contributed by atoms with van der Waals surface area (Å²) in [5.41, 5.74) is 0.342. The molecule has 0 aliphatic carbocycles. The Bertz CT molecular complexity index is 201. The quantitative estimate of drug-likeness (QED) is 0.832. The van der Waals surface area contributed by atoms with E-state index in [9.17, 15) is 5.11 Å². The van der Waals surface area contributed by atoms with E-state index in [1.165, 1.54) is 17.9 Å². The second-order valence-electron chi connectivity index (χ2n) is 5.82. The van der Waals surface area contributed by atoms with E-state index in [0.29, 0.717) is 15.9 Å². The third-order valence-electron chi connectivity index (χ3n) is 3.06. The lowest BCUT2D eigenvalue weighted by molar-refractivity contribution is 0.141. The molecule has 0 aromatic heterocycles. The molecule has 1 aliphatic heterocycles. The van der Waals surface area contributed by atoms with E-state index in [1.807, 2.05) is 11.8 Å². The molecule has 0 amide bonds. The SMILES string of the molecule is CCC1SCCSC1C(O)CCC(C)(C)C. The molecular weight excluding hydrogens is 236 g/mol. The highest BCUT2D eigenvalue weighted by Crippen LogP contribution is 2.37. The minimum Gasteiger partial charge on any atom is -0.392 e. The Morgan fingerprint density at radius 2 is 1.88 bits per heavy atom. The first-order chi connectivity index (χ1) is 7.44. The summed E-state index contributed by atoms with van der Waals surface area (Å²) in [4.78, 5) is 0. The molecule has 0 spiro atoms. The van der Waals surface area contributed by atoms with Crippen molar-refractivity contribution in [1.29, 1.82) is 0 Å². The van der Waals surface area contributed by atoms with Crippen LogP contribution in [0, 0.1) is 5.41 Å². The summed E-state index contributed by atoms with van der Waals surface area (Å²) in [6.45, 7) is 8.99. The van der Waals surface area contributed by atoms with Gasteiger partial charge in [-0.2, -0.15) is 23.5 Å². The fraction of sp³-hybridized carbons (Fsp3) is 1.00. The monoisotopic (exact) mass is 262 g/mol. The van der Waals surface area contributed by atoms with Gasteiger partial charge in [0.25, 0.3) is 0 Å². The summed E-state index contributed by atoms with van der Waals surface area (Å²) in [6, 6.07) is 0. The van der Waals surface area contributed by atoms with Crippen LogP contribution in [0.15, 0.2) is 0 Å². The standard InChI is InChI=1S/C13H26OS2/c1-5-11-12(16-9-8-15-11)10(14)6-7-13(2,3)4/h10-12,14H,5-9H2,1-4H3. The molecule has 0 bridgehead atoms. The molecule has 1 saturated heterocycles. The molecular formula is C13H26OS2. The van der Waals surface area contributed by atoms with Crippen LogP contribution in [0.1, 0.15) is 47.0 Å². The molecule has 3 unspecified atom stereocenters. The van der Waals surface area contributed by atoms with E-state index in [0.717, 1.165) is 12.8 Å². The number of aliphatic hydroxyl groups is 1. The molecule has 1 heterocycles. The maximum atomic E-state index is 10.3. The summed E-state index contributed by atoms with van der Waals surface area (Å²) in [6.07, 6.45) is 3.15. The maximum Gasteiger partial charge on any atom is 0.0669 e. The van der Waals surface area contributed by atoms with Crippen LogP contribution in [0.4, 0.5) is 0 Å². The normalized spacial score (nSPS) is 29.1. The molecule has 1 N–H and O–H groups in total. The first kappa shape index (κ1) is 14.7. The zero-order valence-corrected chi connectivity index (χ0v) is 12.7. The molecule has 0 radical (unpaired) electrons. The summed E-state index contributed by atoms with van der Waals surface area (Å²) in [7, 11) is 0. The number of hydrogen-bond donors (Lipinski definition) is 1. The Labute approximate surface area is 109 Å². The van der Waals surface area contributed by atoms with Crippen LogP contribution in [0.5, 0.6) is 0 Å². The molecule has 0 aromatic rings. The Balaban J connectivity index is 2.41. The van der Waals surface area contributed by atoms with E-state index in [1.54, 1.807) is 0 Å². The van der Waals surface area contributed by atoms with Gasteiger partial charge < -0.3 is 5.11 Å². The van der Waals surface area contributed by atoms with E-state index in [-0.39, 0.29) is 6.10 Å². The van der Waals surface area contributed by atoms with Crippen LogP contribution < -0.4 is 0 Å². The summed E-state index contributed by atoms with van der Waals surface area (Å²) < 4.78 is 0. The van der Waals surface area contributed by atoms with Crippen LogP contribution in [0.25, 0.3) is 0 Å². The number of rotatable bonds is 4. The second kappa shape index (κ2) is 6.55. The molecule has 1 rings (SSSR count). The van der Waals surface area contributed by atoms with Crippen molar-refractivity contribution in [2.75, 3.05) is 11.5 Å². The fourth-order valence-electron chi connectivity index (χ4n) is 2.04. The minimum atomic E-state index is -0.109. The van der Waals surface area contributed by atoms with Crippen molar-refractivity contribution >= 4 is 23.5 Å². The Hall–Kier alpha value is 0.660. The summed E-state index contributed by atoms with van der Waals surface area (Å²) >= 11 is 4.04. The first-order valence-corrected chi connectivity index (χ1v) is 8.45. The molecule has 16 heavy (non-hydrogen) atoms. The highest BCUT2D eigenvalue weighted by atomic mass is 32.2. The number of hydrogen-bond acceptors (Lipinski definition) is 3. The van der Waals surface area contributed by atoms with Crippen molar-refractivity contribution < 1.29 is 5.11 Å². The predicted molar refractivity (Wildman–Crippen MR) is 77.5 cm³/mol. The van der Waals surface area contributed by atoms with E-state index >= 15 is 0 Å². The predicted octanol–water partition coefficient (Wildman–Crippen LogP) is 3.80. The maximum absolute atomic E-state index is 10.3. The van der Waals surface area contributed by atoms with Gasteiger partial charge in [0.05, 0.1) is 6.10 Å². The average molecular weight is 262 g/mol. The molecule has 3 heteroatoms. The van der Waals surface area contributed by atoms with Gasteiger partial charge in [-0.25, -0.2) is 0 Å². The third-order valence-corrected chi connectivity index (χ3v) is 6.46. The smallest absolute Gasteiger partial charge is 0.0669 e. The van der Waals surface area contributed by atoms with Crippen molar-refractivity contribution in [3.8, 4) is 0 Å². The molecule has 1 nitrogen and oxygen atoms in total. The first-order valence-electron chi connectivity index (χ1n) is 6.35. The molecule has 0 saturated carbocycles. The topological polar surface area (TPSA) is 20.2 Å². The molecule has 0 aromatic carbocycles. The van der Waals surface area contributed by atoms with Crippen molar-refractivity contribution in [2.24, 2.45) is 5.41 Å². The van der Waals surface area contributed by atoms with E-state index in [2.05, 4.69) is 39.5 Å². The zero-order chi connectivity index (χ0) is 12.2. The van der Waals surface area contributed by atoms with Gasteiger partial charge in [-0.3, -0.25) is 0 Å². The lowest BCUT2D eigenvalue weighted by Gasteiger charge is -2.34. The van der Waals surface area contributed by atoms with Crippen LogP contribution >= 0.6 is 23.5 Å². The Kier molecular flexibility index (Phi) is 6.03. The molecule has 96 valence electrons. The van der Waals surface area contributed by atoms with Gasteiger partial charge in [0.2, 0.25) is 0 Å². The van der Waals surface area contributed by atoms with Crippen molar-refractivity contribution in [3.05, 3.63) is 0 Å². The molecule has 1 aliphatic rings. The second-order valence-corrected chi connectivity index (χ2v) is 8.45. The Morgan fingerprint density at radius 3 is 2.44 bits per heavy atom. The average Bonchev–Trinajstić information content (AvgIpc) is 2.25. The number of thioether (sulfide) groups is 2. The van der Waals surface area contributed by atoms with Crippen LogP contribution in [-0.2, 0) is 0 Å². The van der Waals surface area contributed by atoms with Gasteiger partial charge >= 0.3 is 0 Å². The third kappa shape index (κ3) is 4.89. The van der Waals surface area contributed by atoms with Gasteiger partial charge in [0, 0.05) is 22.0 Å². The summed E-state index contributed by atoms with van der Waals surface area (Å²) in [5.74, 6) is 2.46. The molecule has 3 atom stereocenters. The van der Waals surface area contributed by atoms with Crippen molar-refractivity contribution in [2.45, 2.75) is 63.6 Å². The lowest BCUT2D eigenvalue weighted by atomic mass is 9.88. The van der Waals surface area contributed by atoms with Gasteiger partial charge in [0.15, 0.2) is 0 Å².